The van der Waals surface area contributed by atoms with Crippen LogP contribution in [0.15, 0.2) is 42.9 Å². The first kappa shape index (κ1) is 10.9. The van der Waals surface area contributed by atoms with Gasteiger partial charge in [0.1, 0.15) is 6.33 Å². The Kier molecular flexibility index (Phi) is 2.74. The molecular formula is C13H13N5. The summed E-state index contributed by atoms with van der Waals surface area (Å²) >= 11 is 0. The summed E-state index contributed by atoms with van der Waals surface area (Å²) in [4.78, 5) is 8.40. The van der Waals surface area contributed by atoms with Crippen molar-refractivity contribution >= 4 is 10.9 Å². The number of pyridine rings is 1. The second-order valence-electron chi connectivity index (χ2n) is 4.09. The van der Waals surface area contributed by atoms with E-state index >= 15 is 0 Å². The van der Waals surface area contributed by atoms with Crippen molar-refractivity contribution < 1.29 is 0 Å². The quantitative estimate of drug-likeness (QED) is 0.748. The standard InChI is InChI=1S/C13H13N5/c14-7-13-16-9-18(17-13)8-10-3-4-12-11(6-10)2-1-5-15-12/h1-6,9H,7-8,14H2. The summed E-state index contributed by atoms with van der Waals surface area (Å²) in [6.45, 7) is 1.06. The maximum absolute atomic E-state index is 5.48. The topological polar surface area (TPSA) is 69.6 Å². The molecule has 0 bridgehead atoms. The van der Waals surface area contributed by atoms with Crippen LogP contribution in [0.3, 0.4) is 0 Å². The Morgan fingerprint density at radius 2 is 2.11 bits per heavy atom. The van der Waals surface area contributed by atoms with Gasteiger partial charge in [-0.25, -0.2) is 9.67 Å². The highest BCUT2D eigenvalue weighted by molar-refractivity contribution is 5.78. The summed E-state index contributed by atoms with van der Waals surface area (Å²) in [7, 11) is 0. The smallest absolute Gasteiger partial charge is 0.164 e. The summed E-state index contributed by atoms with van der Waals surface area (Å²) in [5.74, 6) is 0.664. The van der Waals surface area contributed by atoms with Crippen molar-refractivity contribution in [2.45, 2.75) is 13.1 Å². The van der Waals surface area contributed by atoms with Crippen molar-refractivity contribution in [1.29, 1.82) is 0 Å². The molecule has 0 radical (unpaired) electrons. The van der Waals surface area contributed by atoms with Crippen LogP contribution < -0.4 is 5.73 Å². The number of aromatic nitrogens is 4. The van der Waals surface area contributed by atoms with E-state index in [1.54, 1.807) is 17.2 Å². The molecule has 0 aliphatic rings. The first-order chi connectivity index (χ1) is 8.85. The van der Waals surface area contributed by atoms with Crippen molar-refractivity contribution in [2.24, 2.45) is 5.73 Å². The zero-order chi connectivity index (χ0) is 12.4. The molecule has 18 heavy (non-hydrogen) atoms. The molecule has 3 rings (SSSR count). The van der Waals surface area contributed by atoms with Gasteiger partial charge in [0, 0.05) is 11.6 Å². The molecule has 2 heterocycles. The molecule has 1 aromatic carbocycles. The van der Waals surface area contributed by atoms with Gasteiger partial charge >= 0.3 is 0 Å². The third-order valence-electron chi connectivity index (χ3n) is 2.78. The van der Waals surface area contributed by atoms with Crippen molar-refractivity contribution in [3.63, 3.8) is 0 Å². The van der Waals surface area contributed by atoms with Gasteiger partial charge in [-0.1, -0.05) is 12.1 Å². The zero-order valence-corrected chi connectivity index (χ0v) is 9.82. The van der Waals surface area contributed by atoms with Gasteiger partial charge in [0.05, 0.1) is 18.6 Å². The third kappa shape index (κ3) is 2.08. The average Bonchev–Trinajstić information content (AvgIpc) is 2.86. The summed E-state index contributed by atoms with van der Waals surface area (Å²) in [6.07, 6.45) is 3.50. The fourth-order valence-electron chi connectivity index (χ4n) is 1.91. The van der Waals surface area contributed by atoms with E-state index in [2.05, 4.69) is 33.3 Å². The van der Waals surface area contributed by atoms with Gasteiger partial charge in [0.15, 0.2) is 5.82 Å². The van der Waals surface area contributed by atoms with Crippen LogP contribution in [0.5, 0.6) is 0 Å². The van der Waals surface area contributed by atoms with E-state index in [0.29, 0.717) is 18.9 Å². The van der Waals surface area contributed by atoms with E-state index in [1.807, 2.05) is 12.1 Å². The Labute approximate surface area is 104 Å². The van der Waals surface area contributed by atoms with Crippen LogP contribution in [0.25, 0.3) is 10.9 Å². The Morgan fingerprint density at radius 3 is 2.94 bits per heavy atom. The molecule has 90 valence electrons. The van der Waals surface area contributed by atoms with E-state index in [4.69, 9.17) is 5.73 Å². The maximum atomic E-state index is 5.48. The summed E-state index contributed by atoms with van der Waals surface area (Å²) < 4.78 is 1.79. The molecule has 2 aromatic heterocycles. The van der Waals surface area contributed by atoms with Gasteiger partial charge in [-0.2, -0.15) is 5.10 Å². The average molecular weight is 239 g/mol. The SMILES string of the molecule is NCc1ncn(Cc2ccc3ncccc3c2)n1. The van der Waals surface area contributed by atoms with Crippen molar-refractivity contribution in [1.82, 2.24) is 19.7 Å². The molecule has 0 aliphatic carbocycles. The van der Waals surface area contributed by atoms with Gasteiger partial charge in [-0.05, 0) is 23.8 Å². The lowest BCUT2D eigenvalue weighted by Crippen LogP contribution is -2.03. The Balaban J connectivity index is 1.90. The molecule has 0 saturated heterocycles. The molecule has 2 N–H and O–H groups in total. The molecule has 0 saturated carbocycles. The van der Waals surface area contributed by atoms with Crippen LogP contribution in [0, 0.1) is 0 Å². The minimum atomic E-state index is 0.370. The number of hydrogen-bond acceptors (Lipinski definition) is 4. The highest BCUT2D eigenvalue weighted by Gasteiger charge is 2.01. The highest BCUT2D eigenvalue weighted by Crippen LogP contribution is 2.13. The second-order valence-corrected chi connectivity index (χ2v) is 4.09. The molecule has 0 unspecified atom stereocenters. The number of fused-ring (bicyclic) bond motifs is 1. The lowest BCUT2D eigenvalue weighted by molar-refractivity contribution is 0.672. The molecule has 0 aliphatic heterocycles. The molecule has 5 nitrogen and oxygen atoms in total. The maximum Gasteiger partial charge on any atom is 0.164 e. The monoisotopic (exact) mass is 239 g/mol. The molecule has 3 aromatic rings. The highest BCUT2D eigenvalue weighted by atomic mass is 15.3. The van der Waals surface area contributed by atoms with Gasteiger partial charge in [0.2, 0.25) is 0 Å². The van der Waals surface area contributed by atoms with Crippen LogP contribution in [-0.2, 0) is 13.1 Å². The van der Waals surface area contributed by atoms with E-state index in [0.717, 1.165) is 10.9 Å². The number of nitrogens with zero attached hydrogens (tertiary/aromatic N) is 4. The predicted molar refractivity (Wildman–Crippen MR) is 68.8 cm³/mol. The van der Waals surface area contributed by atoms with Gasteiger partial charge in [-0.3, -0.25) is 4.98 Å². The van der Waals surface area contributed by atoms with Gasteiger partial charge in [0.25, 0.3) is 0 Å². The zero-order valence-electron chi connectivity index (χ0n) is 9.82. The molecule has 0 fully saturated rings. The fraction of sp³-hybridized carbons (Fsp3) is 0.154. The van der Waals surface area contributed by atoms with Gasteiger partial charge < -0.3 is 5.73 Å². The largest absolute Gasteiger partial charge is 0.324 e. The van der Waals surface area contributed by atoms with Gasteiger partial charge in [-0.15, -0.1) is 0 Å². The first-order valence-electron chi connectivity index (χ1n) is 5.77. The summed E-state index contributed by atoms with van der Waals surface area (Å²) in [5.41, 5.74) is 7.66. The van der Waals surface area contributed by atoms with Crippen molar-refractivity contribution in [2.75, 3.05) is 0 Å². The lowest BCUT2D eigenvalue weighted by atomic mass is 10.1. The van der Waals surface area contributed by atoms with Crippen LogP contribution in [-0.4, -0.2) is 19.7 Å². The van der Waals surface area contributed by atoms with Crippen LogP contribution in [0.4, 0.5) is 0 Å². The second kappa shape index (κ2) is 4.54. The predicted octanol–water partition coefficient (Wildman–Crippen LogP) is 1.33. The molecular weight excluding hydrogens is 226 g/mol. The minimum Gasteiger partial charge on any atom is -0.324 e. The first-order valence-corrected chi connectivity index (χ1v) is 5.77. The Bertz CT molecular complexity index is 674. The number of benzene rings is 1. The van der Waals surface area contributed by atoms with E-state index in [1.165, 1.54) is 5.56 Å². The fourth-order valence-corrected chi connectivity index (χ4v) is 1.91. The van der Waals surface area contributed by atoms with Crippen molar-refractivity contribution in [3.8, 4) is 0 Å². The van der Waals surface area contributed by atoms with Crippen molar-refractivity contribution in [3.05, 3.63) is 54.2 Å². The number of hydrogen-bond donors (Lipinski definition) is 1. The Morgan fingerprint density at radius 1 is 1.17 bits per heavy atom. The molecule has 5 heteroatoms. The molecule has 0 amide bonds. The number of rotatable bonds is 3. The third-order valence-corrected chi connectivity index (χ3v) is 2.78. The van der Waals surface area contributed by atoms with E-state index in [9.17, 15) is 0 Å². The molecule has 0 atom stereocenters. The van der Waals surface area contributed by atoms with Crippen LogP contribution >= 0.6 is 0 Å². The van der Waals surface area contributed by atoms with E-state index < -0.39 is 0 Å². The lowest BCUT2D eigenvalue weighted by Gasteiger charge is -2.03. The van der Waals surface area contributed by atoms with E-state index in [-0.39, 0.29) is 0 Å². The van der Waals surface area contributed by atoms with Crippen LogP contribution in [0.2, 0.25) is 0 Å². The van der Waals surface area contributed by atoms with Crippen LogP contribution in [0.1, 0.15) is 11.4 Å². The Hall–Kier alpha value is -2.27. The molecule has 0 spiro atoms. The summed E-state index contributed by atoms with van der Waals surface area (Å²) in [6, 6.07) is 10.2. The summed E-state index contributed by atoms with van der Waals surface area (Å²) in [5, 5.41) is 5.40. The number of nitrogens with two attached hydrogens (primary N) is 1. The normalized spacial score (nSPS) is 10.9. The minimum absolute atomic E-state index is 0.370.